The van der Waals surface area contributed by atoms with Crippen LogP contribution in [-0.2, 0) is 0 Å². The Bertz CT molecular complexity index is 663. The van der Waals surface area contributed by atoms with Crippen LogP contribution in [0.25, 0.3) is 0 Å². The molecule has 0 unspecified atom stereocenters. The second-order valence-corrected chi connectivity index (χ2v) is 8.53. The van der Waals surface area contributed by atoms with E-state index in [0.717, 1.165) is 31.2 Å². The molecule has 0 aliphatic rings. The topological polar surface area (TPSA) is 82.3 Å². The fourth-order valence-electron chi connectivity index (χ4n) is 3.54. The molecule has 176 valence electrons. The van der Waals surface area contributed by atoms with Gasteiger partial charge in [0.05, 0.1) is 0 Å². The largest absolute Gasteiger partial charge is 0.338 e. The quantitative estimate of drug-likeness (QED) is 0.265. The number of unbranched alkanes of at least 4 members (excludes halogenated alkanes) is 2. The van der Waals surface area contributed by atoms with Crippen LogP contribution in [0.3, 0.4) is 0 Å². The van der Waals surface area contributed by atoms with Crippen molar-refractivity contribution in [1.82, 2.24) is 10.6 Å². The zero-order chi connectivity index (χ0) is 23.1. The second-order valence-electron chi connectivity index (χ2n) is 8.53. The number of nitrogens with one attached hydrogen (secondary N) is 4. The molecule has 1 aromatic rings. The van der Waals surface area contributed by atoms with Gasteiger partial charge in [0.2, 0.25) is 0 Å². The molecule has 4 amide bonds. The van der Waals surface area contributed by atoms with E-state index in [-0.39, 0.29) is 12.1 Å². The van der Waals surface area contributed by atoms with E-state index < -0.39 is 0 Å². The van der Waals surface area contributed by atoms with Crippen molar-refractivity contribution in [3.05, 3.63) is 23.8 Å². The fourth-order valence-corrected chi connectivity index (χ4v) is 3.54. The summed E-state index contributed by atoms with van der Waals surface area (Å²) in [6, 6.07) is 5.14. The number of benzene rings is 1. The minimum atomic E-state index is -0.212. The minimum absolute atomic E-state index is 0.207. The van der Waals surface area contributed by atoms with Gasteiger partial charge in [0.1, 0.15) is 0 Å². The van der Waals surface area contributed by atoms with E-state index in [4.69, 9.17) is 0 Å². The van der Waals surface area contributed by atoms with Gasteiger partial charge in [0.15, 0.2) is 0 Å². The maximum absolute atomic E-state index is 12.4. The maximum atomic E-state index is 12.4. The Morgan fingerprint density at radius 1 is 0.806 bits per heavy atom. The van der Waals surface area contributed by atoms with E-state index in [9.17, 15) is 9.59 Å². The molecular weight excluding hydrogens is 388 g/mol. The number of carbonyl (C=O) groups is 2. The molecule has 0 aliphatic heterocycles. The van der Waals surface area contributed by atoms with Crippen molar-refractivity contribution in [1.29, 1.82) is 0 Å². The molecule has 0 bridgehead atoms. The zero-order valence-corrected chi connectivity index (χ0v) is 20.3. The minimum Gasteiger partial charge on any atom is -0.338 e. The summed E-state index contributed by atoms with van der Waals surface area (Å²) in [4.78, 5) is 24.7. The van der Waals surface area contributed by atoms with Gasteiger partial charge >= 0.3 is 12.1 Å². The number of aryl methyl sites for hydroxylation is 1. The third-order valence-electron chi connectivity index (χ3n) is 5.93. The maximum Gasteiger partial charge on any atom is 0.319 e. The molecule has 0 heterocycles. The SMILES string of the molecule is CCCC[C@H](CC)CNC(=O)Nc1ccc(C)c(NC(=O)NC[C@@H](CC)CCCC)c1. The van der Waals surface area contributed by atoms with E-state index in [1.54, 1.807) is 6.07 Å². The Hall–Kier alpha value is -2.24. The standard InChI is InChI=1S/C25H44N4O2/c1-6-10-12-20(8-3)17-26-24(30)28-22-15-14-19(5)23(16-22)29-25(31)27-18-21(9-4)13-11-7-2/h14-16,20-21H,6-13,17-18H2,1-5H3,(H2,26,28,30)(H2,27,29,31)/t20-,21-/m0/s1. The molecule has 0 spiro atoms. The molecule has 1 rings (SSSR count). The van der Waals surface area contributed by atoms with Crippen molar-refractivity contribution in [2.24, 2.45) is 11.8 Å². The Labute approximate surface area is 189 Å². The molecule has 2 atom stereocenters. The van der Waals surface area contributed by atoms with Gasteiger partial charge in [-0.05, 0) is 49.3 Å². The van der Waals surface area contributed by atoms with Crippen LogP contribution in [0, 0.1) is 18.8 Å². The number of carbonyl (C=O) groups excluding carboxylic acids is 2. The molecule has 0 saturated heterocycles. The third-order valence-corrected chi connectivity index (χ3v) is 5.93. The molecule has 1 aromatic carbocycles. The first-order chi connectivity index (χ1) is 14.9. The highest BCUT2D eigenvalue weighted by molar-refractivity contribution is 5.93. The summed E-state index contributed by atoms with van der Waals surface area (Å²) in [6.45, 7) is 12.0. The highest BCUT2D eigenvalue weighted by Gasteiger charge is 2.11. The van der Waals surface area contributed by atoms with Crippen LogP contribution in [-0.4, -0.2) is 25.2 Å². The summed E-state index contributed by atoms with van der Waals surface area (Å²) in [5.41, 5.74) is 2.31. The third kappa shape index (κ3) is 11.1. The molecule has 0 fully saturated rings. The molecule has 0 aliphatic carbocycles. The lowest BCUT2D eigenvalue weighted by molar-refractivity contribution is 0.248. The van der Waals surface area contributed by atoms with Crippen molar-refractivity contribution in [3.63, 3.8) is 0 Å². The fraction of sp³-hybridized carbons (Fsp3) is 0.680. The lowest BCUT2D eigenvalue weighted by atomic mass is 9.99. The first kappa shape index (κ1) is 26.8. The molecular formula is C25H44N4O2. The van der Waals surface area contributed by atoms with E-state index in [1.165, 1.54) is 25.7 Å². The molecule has 0 aromatic heterocycles. The average molecular weight is 433 g/mol. The van der Waals surface area contributed by atoms with E-state index in [1.807, 2.05) is 19.1 Å². The van der Waals surface area contributed by atoms with Gasteiger partial charge in [-0.25, -0.2) is 9.59 Å². The van der Waals surface area contributed by atoms with Crippen LogP contribution in [0.4, 0.5) is 21.0 Å². The predicted molar refractivity (Wildman–Crippen MR) is 132 cm³/mol. The van der Waals surface area contributed by atoms with Crippen molar-refractivity contribution in [3.8, 4) is 0 Å². The zero-order valence-electron chi connectivity index (χ0n) is 20.3. The van der Waals surface area contributed by atoms with Crippen LogP contribution in [0.15, 0.2) is 18.2 Å². The molecule has 4 N–H and O–H groups in total. The van der Waals surface area contributed by atoms with Crippen LogP contribution in [0.2, 0.25) is 0 Å². The normalized spacial score (nSPS) is 12.7. The number of anilines is 2. The predicted octanol–water partition coefficient (Wildman–Crippen LogP) is 6.67. The molecule has 0 saturated carbocycles. The summed E-state index contributed by atoms with van der Waals surface area (Å²) < 4.78 is 0. The Balaban J connectivity index is 2.56. The number of hydrogen-bond donors (Lipinski definition) is 4. The van der Waals surface area contributed by atoms with Crippen LogP contribution in [0.1, 0.15) is 84.6 Å². The van der Waals surface area contributed by atoms with Crippen molar-refractivity contribution in [2.45, 2.75) is 86.0 Å². The molecule has 6 heteroatoms. The monoisotopic (exact) mass is 432 g/mol. The van der Waals surface area contributed by atoms with Gasteiger partial charge < -0.3 is 21.3 Å². The summed E-state index contributed by atoms with van der Waals surface area (Å²) in [5.74, 6) is 1.02. The Kier molecular flexibility index (Phi) is 13.4. The van der Waals surface area contributed by atoms with Gasteiger partial charge in [0, 0.05) is 24.5 Å². The average Bonchev–Trinajstić information content (AvgIpc) is 2.76. The van der Waals surface area contributed by atoms with Gasteiger partial charge in [-0.15, -0.1) is 0 Å². The van der Waals surface area contributed by atoms with E-state index in [2.05, 4.69) is 49.0 Å². The molecule has 0 radical (unpaired) electrons. The summed E-state index contributed by atoms with van der Waals surface area (Å²) >= 11 is 0. The first-order valence-electron chi connectivity index (χ1n) is 12.1. The van der Waals surface area contributed by atoms with Gasteiger partial charge in [0.25, 0.3) is 0 Å². The lowest BCUT2D eigenvalue weighted by Gasteiger charge is -2.17. The second kappa shape index (κ2) is 15.5. The first-order valence-corrected chi connectivity index (χ1v) is 12.1. The highest BCUT2D eigenvalue weighted by atomic mass is 16.2. The molecule has 31 heavy (non-hydrogen) atoms. The number of urea groups is 2. The summed E-state index contributed by atoms with van der Waals surface area (Å²) in [5, 5.41) is 11.8. The van der Waals surface area contributed by atoms with Gasteiger partial charge in [-0.3, -0.25) is 0 Å². The number of rotatable bonds is 14. The molecule has 6 nitrogen and oxygen atoms in total. The number of hydrogen-bond acceptors (Lipinski definition) is 2. The lowest BCUT2D eigenvalue weighted by Crippen LogP contribution is -2.33. The van der Waals surface area contributed by atoms with Crippen molar-refractivity contribution < 1.29 is 9.59 Å². The van der Waals surface area contributed by atoms with Crippen LogP contribution >= 0.6 is 0 Å². The van der Waals surface area contributed by atoms with Crippen LogP contribution < -0.4 is 21.3 Å². The van der Waals surface area contributed by atoms with E-state index >= 15 is 0 Å². The van der Waals surface area contributed by atoms with Gasteiger partial charge in [-0.1, -0.05) is 72.3 Å². The smallest absolute Gasteiger partial charge is 0.319 e. The van der Waals surface area contributed by atoms with Gasteiger partial charge in [-0.2, -0.15) is 0 Å². The Morgan fingerprint density at radius 2 is 1.32 bits per heavy atom. The van der Waals surface area contributed by atoms with Crippen LogP contribution in [0.5, 0.6) is 0 Å². The summed E-state index contributed by atoms with van der Waals surface area (Å²) in [7, 11) is 0. The Morgan fingerprint density at radius 3 is 1.81 bits per heavy atom. The van der Waals surface area contributed by atoms with Crippen molar-refractivity contribution in [2.75, 3.05) is 23.7 Å². The number of amides is 4. The highest BCUT2D eigenvalue weighted by Crippen LogP contribution is 2.20. The van der Waals surface area contributed by atoms with E-state index in [0.29, 0.717) is 36.3 Å². The summed E-state index contributed by atoms with van der Waals surface area (Å²) in [6.07, 6.45) is 9.12. The van der Waals surface area contributed by atoms with Crippen molar-refractivity contribution >= 4 is 23.4 Å².